The predicted octanol–water partition coefficient (Wildman–Crippen LogP) is 6.38. The summed E-state index contributed by atoms with van der Waals surface area (Å²) < 4.78 is 22.8. The predicted molar refractivity (Wildman–Crippen MR) is 163 cm³/mol. The number of phenols is 1. The molecule has 0 unspecified atom stereocenters. The zero-order chi connectivity index (χ0) is 29.5. The molecule has 7 heteroatoms. The van der Waals surface area contributed by atoms with Crippen LogP contribution in [-0.4, -0.2) is 75.6 Å². The largest absolute Gasteiger partial charge is 0.507 e. The van der Waals surface area contributed by atoms with Crippen molar-refractivity contribution in [3.63, 3.8) is 0 Å². The summed E-state index contributed by atoms with van der Waals surface area (Å²) in [6.07, 6.45) is 3.33. The number of hydrogen-bond donors (Lipinski definition) is 1. The topological polar surface area (TPSA) is 63.6 Å². The van der Waals surface area contributed by atoms with Gasteiger partial charge >= 0.3 is 0 Å². The molecule has 1 heterocycles. The first-order valence-corrected chi connectivity index (χ1v) is 14.6. The van der Waals surface area contributed by atoms with Gasteiger partial charge in [0, 0.05) is 49.4 Å². The Balaban J connectivity index is 1.42. The van der Waals surface area contributed by atoms with Gasteiger partial charge in [-0.15, -0.1) is 0 Å². The fraction of sp³-hybridized carbons (Fsp3) is 0.636. The van der Waals surface area contributed by atoms with Gasteiger partial charge in [-0.2, -0.15) is 0 Å². The van der Waals surface area contributed by atoms with E-state index in [0.29, 0.717) is 23.9 Å². The fourth-order valence-electron chi connectivity index (χ4n) is 5.34. The highest BCUT2D eigenvalue weighted by molar-refractivity contribution is 5.56. The standard InChI is InChI=1S/C33H52N2O5/c1-32(2,3)26-21-25(22-27(29(26)36)33(4,5)6)40-20-12-10-11-15-34-16-18-35(19-17-34)23-24-13-14-28(37-7)31(39-9)30(24)38-8/h13-14,21-22,36H,10-12,15-20,23H2,1-9H3. The van der Waals surface area contributed by atoms with E-state index in [9.17, 15) is 5.11 Å². The van der Waals surface area contributed by atoms with Crippen LogP contribution in [0.2, 0.25) is 0 Å². The number of ether oxygens (including phenoxy) is 4. The summed E-state index contributed by atoms with van der Waals surface area (Å²) in [6, 6.07) is 8.05. The molecular formula is C33H52N2O5. The molecule has 0 aliphatic carbocycles. The van der Waals surface area contributed by atoms with Crippen LogP contribution in [0.25, 0.3) is 0 Å². The highest BCUT2D eigenvalue weighted by Gasteiger charge is 2.27. The lowest BCUT2D eigenvalue weighted by atomic mass is 9.79. The number of piperazine rings is 1. The van der Waals surface area contributed by atoms with Gasteiger partial charge in [-0.1, -0.05) is 47.6 Å². The maximum atomic E-state index is 10.9. The zero-order valence-corrected chi connectivity index (χ0v) is 26.4. The van der Waals surface area contributed by atoms with Crippen molar-refractivity contribution in [2.24, 2.45) is 0 Å². The summed E-state index contributed by atoms with van der Waals surface area (Å²) in [6.45, 7) is 19.6. The van der Waals surface area contributed by atoms with Gasteiger partial charge in [0.15, 0.2) is 11.5 Å². The van der Waals surface area contributed by atoms with Crippen LogP contribution in [0.3, 0.4) is 0 Å². The van der Waals surface area contributed by atoms with Gasteiger partial charge in [0.1, 0.15) is 11.5 Å². The van der Waals surface area contributed by atoms with E-state index in [1.165, 1.54) is 6.42 Å². The van der Waals surface area contributed by atoms with Crippen LogP contribution in [-0.2, 0) is 17.4 Å². The average molecular weight is 557 g/mol. The van der Waals surface area contributed by atoms with E-state index in [2.05, 4.69) is 57.4 Å². The Bertz CT molecular complexity index is 1060. The van der Waals surface area contributed by atoms with Crippen LogP contribution < -0.4 is 18.9 Å². The molecule has 0 saturated carbocycles. The van der Waals surface area contributed by atoms with E-state index in [1.807, 2.05) is 18.2 Å². The maximum Gasteiger partial charge on any atom is 0.203 e. The molecule has 0 radical (unpaired) electrons. The number of aromatic hydroxyl groups is 1. The minimum absolute atomic E-state index is 0.152. The summed E-state index contributed by atoms with van der Waals surface area (Å²) in [5.74, 6) is 3.35. The molecule has 1 fully saturated rings. The normalized spacial score (nSPS) is 15.2. The van der Waals surface area contributed by atoms with E-state index < -0.39 is 0 Å². The third-order valence-electron chi connectivity index (χ3n) is 7.73. The number of benzene rings is 2. The Hall–Kier alpha value is -2.64. The monoisotopic (exact) mass is 556 g/mol. The molecule has 0 bridgehead atoms. The average Bonchev–Trinajstić information content (AvgIpc) is 2.90. The second kappa shape index (κ2) is 13.8. The third kappa shape index (κ3) is 8.20. The van der Waals surface area contributed by atoms with Crippen molar-refractivity contribution >= 4 is 0 Å². The summed E-state index contributed by atoms with van der Waals surface area (Å²) in [5.41, 5.74) is 2.70. The Morgan fingerprint density at radius 2 is 1.30 bits per heavy atom. The summed E-state index contributed by atoms with van der Waals surface area (Å²) in [5, 5.41) is 10.9. The van der Waals surface area contributed by atoms with Crippen LogP contribution in [0.4, 0.5) is 0 Å². The number of hydrogen-bond acceptors (Lipinski definition) is 7. The molecule has 1 N–H and O–H groups in total. The molecule has 2 aromatic rings. The first-order chi connectivity index (χ1) is 18.9. The van der Waals surface area contributed by atoms with Gasteiger partial charge in [0.25, 0.3) is 0 Å². The second-order valence-electron chi connectivity index (χ2n) is 12.9. The third-order valence-corrected chi connectivity index (χ3v) is 7.73. The number of unbranched alkanes of at least 4 members (excludes halogenated alkanes) is 2. The van der Waals surface area contributed by atoms with E-state index in [-0.39, 0.29) is 10.8 Å². The first kappa shape index (κ1) is 31.9. The van der Waals surface area contributed by atoms with E-state index in [4.69, 9.17) is 18.9 Å². The van der Waals surface area contributed by atoms with Gasteiger partial charge < -0.3 is 29.0 Å². The van der Waals surface area contributed by atoms with E-state index >= 15 is 0 Å². The Labute approximate surface area is 242 Å². The zero-order valence-electron chi connectivity index (χ0n) is 26.4. The number of phenolic OH excluding ortho intramolecular Hbond substituents is 1. The molecule has 1 saturated heterocycles. The molecule has 0 atom stereocenters. The maximum absolute atomic E-state index is 10.9. The molecule has 2 aromatic carbocycles. The smallest absolute Gasteiger partial charge is 0.203 e. The van der Waals surface area contributed by atoms with Crippen molar-refractivity contribution in [2.75, 3.05) is 60.7 Å². The first-order valence-electron chi connectivity index (χ1n) is 14.6. The molecule has 1 aliphatic rings. The lowest BCUT2D eigenvalue weighted by Crippen LogP contribution is -2.46. The van der Waals surface area contributed by atoms with Crippen LogP contribution in [0.1, 0.15) is 77.5 Å². The highest BCUT2D eigenvalue weighted by Crippen LogP contribution is 2.42. The molecule has 0 amide bonds. The molecule has 0 spiro atoms. The minimum Gasteiger partial charge on any atom is -0.507 e. The van der Waals surface area contributed by atoms with Crippen molar-refractivity contribution in [3.05, 3.63) is 41.0 Å². The number of nitrogens with zero attached hydrogens (tertiary/aromatic N) is 2. The minimum atomic E-state index is -0.152. The molecule has 40 heavy (non-hydrogen) atoms. The highest BCUT2D eigenvalue weighted by atomic mass is 16.5. The van der Waals surface area contributed by atoms with Crippen LogP contribution in [0.5, 0.6) is 28.7 Å². The molecule has 3 rings (SSSR count). The molecule has 7 nitrogen and oxygen atoms in total. The van der Waals surface area contributed by atoms with Crippen LogP contribution in [0, 0.1) is 0 Å². The van der Waals surface area contributed by atoms with Crippen molar-refractivity contribution in [2.45, 2.75) is 78.2 Å². The fourth-order valence-corrected chi connectivity index (χ4v) is 5.34. The lowest BCUT2D eigenvalue weighted by Gasteiger charge is -2.35. The Kier molecular flexibility index (Phi) is 11.0. The van der Waals surface area contributed by atoms with Crippen molar-refractivity contribution in [1.29, 1.82) is 0 Å². The summed E-state index contributed by atoms with van der Waals surface area (Å²) >= 11 is 0. The molecule has 224 valence electrons. The van der Waals surface area contributed by atoms with E-state index in [1.54, 1.807) is 21.3 Å². The quantitative estimate of drug-likeness (QED) is 0.304. The van der Waals surface area contributed by atoms with Gasteiger partial charge in [0.2, 0.25) is 5.75 Å². The molecule has 1 aliphatic heterocycles. The second-order valence-corrected chi connectivity index (χ2v) is 12.9. The molecular weight excluding hydrogens is 504 g/mol. The van der Waals surface area contributed by atoms with Crippen LogP contribution >= 0.6 is 0 Å². The van der Waals surface area contributed by atoms with Gasteiger partial charge in [-0.3, -0.25) is 4.90 Å². The summed E-state index contributed by atoms with van der Waals surface area (Å²) in [4.78, 5) is 5.04. The number of rotatable bonds is 12. The number of methoxy groups -OCH3 is 3. The summed E-state index contributed by atoms with van der Waals surface area (Å²) in [7, 11) is 4.97. The Morgan fingerprint density at radius 3 is 1.82 bits per heavy atom. The van der Waals surface area contributed by atoms with Gasteiger partial charge in [0.05, 0.1) is 27.9 Å². The lowest BCUT2D eigenvalue weighted by molar-refractivity contribution is 0.124. The Morgan fingerprint density at radius 1 is 0.725 bits per heavy atom. The SMILES string of the molecule is COc1ccc(CN2CCN(CCCCCOc3cc(C(C)(C)C)c(O)c(C(C)(C)C)c3)CC2)c(OC)c1OC. The van der Waals surface area contributed by atoms with Gasteiger partial charge in [-0.25, -0.2) is 0 Å². The van der Waals surface area contributed by atoms with E-state index in [0.717, 1.165) is 80.3 Å². The van der Waals surface area contributed by atoms with Crippen LogP contribution in [0.15, 0.2) is 24.3 Å². The molecule has 0 aromatic heterocycles. The van der Waals surface area contributed by atoms with Crippen molar-refractivity contribution in [1.82, 2.24) is 9.80 Å². The van der Waals surface area contributed by atoms with Crippen molar-refractivity contribution in [3.8, 4) is 28.7 Å². The van der Waals surface area contributed by atoms with Gasteiger partial charge in [-0.05, 0) is 54.8 Å². The van der Waals surface area contributed by atoms with Crippen molar-refractivity contribution < 1.29 is 24.1 Å².